The monoisotopic (exact) mass is 358 g/mol. The van der Waals surface area contributed by atoms with E-state index < -0.39 is 34.6 Å². The van der Waals surface area contributed by atoms with Crippen LogP contribution in [0, 0.1) is 0 Å². The van der Waals surface area contributed by atoms with Crippen LogP contribution in [0.2, 0.25) is 0 Å². The van der Waals surface area contributed by atoms with E-state index in [-0.39, 0.29) is 11.9 Å². The Labute approximate surface area is 136 Å². The first-order valence-corrected chi connectivity index (χ1v) is 6.79. The highest BCUT2D eigenvalue weighted by atomic mass is 19.4. The SMILES string of the molecule is FC(F)(F)c1cc(C(F)(F)F)c2ccc(Nc3ccccn3)nc2n1. The molecule has 130 valence electrons. The van der Waals surface area contributed by atoms with Crippen molar-refractivity contribution < 1.29 is 26.3 Å². The van der Waals surface area contributed by atoms with Gasteiger partial charge in [0, 0.05) is 11.6 Å². The van der Waals surface area contributed by atoms with E-state index in [1.165, 1.54) is 12.3 Å². The maximum absolute atomic E-state index is 13.1. The van der Waals surface area contributed by atoms with E-state index in [0.717, 1.165) is 6.07 Å². The molecule has 0 bridgehead atoms. The van der Waals surface area contributed by atoms with E-state index in [0.29, 0.717) is 5.82 Å². The average molecular weight is 358 g/mol. The average Bonchev–Trinajstić information content (AvgIpc) is 2.53. The highest BCUT2D eigenvalue weighted by molar-refractivity contribution is 5.81. The first-order chi connectivity index (χ1) is 11.6. The van der Waals surface area contributed by atoms with Crippen molar-refractivity contribution in [1.82, 2.24) is 15.0 Å². The molecule has 0 spiro atoms. The highest BCUT2D eigenvalue weighted by Crippen LogP contribution is 2.38. The number of hydrogen-bond donors (Lipinski definition) is 1. The first kappa shape index (κ1) is 16.9. The fraction of sp³-hybridized carbons (Fsp3) is 0.133. The quantitative estimate of drug-likeness (QED) is 0.668. The molecule has 1 N–H and O–H groups in total. The molecule has 10 heteroatoms. The normalized spacial score (nSPS) is 12.4. The number of alkyl halides is 6. The number of fused-ring (bicyclic) bond motifs is 1. The Morgan fingerprint density at radius 2 is 1.56 bits per heavy atom. The third-order valence-electron chi connectivity index (χ3n) is 3.19. The molecule has 3 aromatic heterocycles. The maximum Gasteiger partial charge on any atom is 0.433 e. The van der Waals surface area contributed by atoms with Crippen molar-refractivity contribution in [2.24, 2.45) is 0 Å². The fourth-order valence-electron chi connectivity index (χ4n) is 2.12. The molecule has 0 fully saturated rings. The van der Waals surface area contributed by atoms with Crippen LogP contribution in [0.5, 0.6) is 0 Å². The molecule has 0 amide bonds. The smallest absolute Gasteiger partial charge is 0.325 e. The van der Waals surface area contributed by atoms with Crippen molar-refractivity contribution in [3.05, 3.63) is 53.9 Å². The van der Waals surface area contributed by atoms with E-state index in [4.69, 9.17) is 0 Å². The van der Waals surface area contributed by atoms with Gasteiger partial charge in [-0.25, -0.2) is 15.0 Å². The molecule has 3 heterocycles. The van der Waals surface area contributed by atoms with Crippen LogP contribution in [-0.4, -0.2) is 15.0 Å². The summed E-state index contributed by atoms with van der Waals surface area (Å²) in [6.07, 6.45) is -8.54. The summed E-state index contributed by atoms with van der Waals surface area (Å²) in [6, 6.07) is 7.07. The van der Waals surface area contributed by atoms with Crippen molar-refractivity contribution in [3.63, 3.8) is 0 Å². The second kappa shape index (κ2) is 5.87. The minimum Gasteiger partial charge on any atom is -0.325 e. The Kier molecular flexibility index (Phi) is 3.97. The second-order valence-electron chi connectivity index (χ2n) is 4.96. The summed E-state index contributed by atoms with van der Waals surface area (Å²) in [5, 5.41) is 2.17. The number of nitrogens with zero attached hydrogens (tertiary/aromatic N) is 3. The molecule has 0 saturated heterocycles. The highest BCUT2D eigenvalue weighted by Gasteiger charge is 2.39. The van der Waals surface area contributed by atoms with Gasteiger partial charge >= 0.3 is 12.4 Å². The van der Waals surface area contributed by atoms with Gasteiger partial charge in [0.2, 0.25) is 0 Å². The van der Waals surface area contributed by atoms with Crippen molar-refractivity contribution in [1.29, 1.82) is 0 Å². The summed E-state index contributed by atoms with van der Waals surface area (Å²) < 4.78 is 77.8. The predicted octanol–water partition coefficient (Wildman–Crippen LogP) is 4.81. The fourth-order valence-corrected chi connectivity index (χ4v) is 2.12. The van der Waals surface area contributed by atoms with Crippen LogP contribution in [0.15, 0.2) is 42.6 Å². The molecule has 0 aliphatic carbocycles. The molecule has 3 rings (SSSR count). The summed E-state index contributed by atoms with van der Waals surface area (Å²) in [4.78, 5) is 10.9. The lowest BCUT2D eigenvalue weighted by molar-refractivity contribution is -0.144. The van der Waals surface area contributed by atoms with Crippen molar-refractivity contribution in [2.45, 2.75) is 12.4 Å². The van der Waals surface area contributed by atoms with E-state index in [1.807, 2.05) is 0 Å². The third-order valence-corrected chi connectivity index (χ3v) is 3.19. The van der Waals surface area contributed by atoms with Gasteiger partial charge in [0.1, 0.15) is 17.3 Å². The number of halogens is 6. The number of nitrogens with one attached hydrogen (secondary N) is 1. The van der Waals surface area contributed by atoms with Gasteiger partial charge in [-0.15, -0.1) is 0 Å². The number of rotatable bonds is 2. The van der Waals surface area contributed by atoms with Crippen LogP contribution in [0.25, 0.3) is 11.0 Å². The number of pyridine rings is 3. The summed E-state index contributed by atoms with van der Waals surface area (Å²) in [7, 11) is 0. The Balaban J connectivity index is 2.14. The zero-order valence-corrected chi connectivity index (χ0v) is 12.2. The Hall–Kier alpha value is -2.91. The molecule has 3 aromatic rings. The molecule has 4 nitrogen and oxygen atoms in total. The topological polar surface area (TPSA) is 50.7 Å². The zero-order chi connectivity index (χ0) is 18.2. The zero-order valence-electron chi connectivity index (χ0n) is 12.2. The van der Waals surface area contributed by atoms with Crippen molar-refractivity contribution >= 4 is 22.7 Å². The molecule has 0 saturated carbocycles. The number of anilines is 2. The van der Waals surface area contributed by atoms with Crippen LogP contribution in [0.1, 0.15) is 11.3 Å². The molecular formula is C15H8F6N4. The van der Waals surface area contributed by atoms with E-state index in [1.54, 1.807) is 18.2 Å². The lowest BCUT2D eigenvalue weighted by Crippen LogP contribution is -2.14. The largest absolute Gasteiger partial charge is 0.433 e. The molecule has 0 aromatic carbocycles. The Bertz CT molecular complexity index is 906. The second-order valence-corrected chi connectivity index (χ2v) is 4.96. The van der Waals surface area contributed by atoms with Gasteiger partial charge in [0.05, 0.1) is 5.56 Å². The van der Waals surface area contributed by atoms with Crippen molar-refractivity contribution in [2.75, 3.05) is 5.32 Å². The summed E-state index contributed by atoms with van der Waals surface area (Å²) in [5.41, 5.74) is -3.76. The molecule has 25 heavy (non-hydrogen) atoms. The molecule has 0 atom stereocenters. The molecule has 0 aliphatic heterocycles. The van der Waals surface area contributed by atoms with E-state index in [2.05, 4.69) is 20.3 Å². The standard InChI is InChI=1S/C15H8F6N4/c16-14(17,18)9-7-10(15(19,20)21)23-13-8(9)4-5-12(25-13)24-11-3-1-2-6-22-11/h1-7H,(H,22,23,24,25). The Morgan fingerprint density at radius 1 is 0.800 bits per heavy atom. The number of hydrogen-bond acceptors (Lipinski definition) is 4. The lowest BCUT2D eigenvalue weighted by Gasteiger charge is -2.14. The minimum atomic E-state index is -5.03. The van der Waals surface area contributed by atoms with Gasteiger partial charge in [0.15, 0.2) is 5.65 Å². The summed E-state index contributed by atoms with van der Waals surface area (Å²) in [6.45, 7) is 0. The molecule has 0 unspecified atom stereocenters. The molecular weight excluding hydrogens is 350 g/mol. The van der Waals surface area contributed by atoms with Crippen molar-refractivity contribution in [3.8, 4) is 0 Å². The first-order valence-electron chi connectivity index (χ1n) is 6.79. The van der Waals surface area contributed by atoms with Gasteiger partial charge in [-0.05, 0) is 30.3 Å². The maximum atomic E-state index is 13.1. The van der Waals surface area contributed by atoms with Crippen LogP contribution < -0.4 is 5.32 Å². The van der Waals surface area contributed by atoms with E-state index in [9.17, 15) is 26.3 Å². The van der Waals surface area contributed by atoms with Crippen LogP contribution in [0.4, 0.5) is 38.0 Å². The van der Waals surface area contributed by atoms with Crippen LogP contribution >= 0.6 is 0 Å². The Morgan fingerprint density at radius 3 is 2.16 bits per heavy atom. The van der Waals surface area contributed by atoms with Gasteiger partial charge in [-0.2, -0.15) is 26.3 Å². The van der Waals surface area contributed by atoms with Gasteiger partial charge in [-0.3, -0.25) is 0 Å². The van der Waals surface area contributed by atoms with Crippen LogP contribution in [-0.2, 0) is 12.4 Å². The molecule has 0 radical (unpaired) electrons. The lowest BCUT2D eigenvalue weighted by atomic mass is 10.1. The molecule has 0 aliphatic rings. The van der Waals surface area contributed by atoms with Gasteiger partial charge in [0.25, 0.3) is 0 Å². The van der Waals surface area contributed by atoms with Gasteiger partial charge in [-0.1, -0.05) is 6.07 Å². The van der Waals surface area contributed by atoms with E-state index >= 15 is 0 Å². The number of aromatic nitrogens is 3. The summed E-state index contributed by atoms with van der Waals surface area (Å²) >= 11 is 0. The third kappa shape index (κ3) is 3.62. The minimum absolute atomic E-state index is 0.0180. The van der Waals surface area contributed by atoms with Gasteiger partial charge < -0.3 is 5.32 Å². The summed E-state index contributed by atoms with van der Waals surface area (Å²) in [5.74, 6) is 0.350. The predicted molar refractivity (Wildman–Crippen MR) is 77.1 cm³/mol. The van der Waals surface area contributed by atoms with Crippen LogP contribution in [0.3, 0.4) is 0 Å².